The zero-order valence-electron chi connectivity index (χ0n) is 19.0. The first-order valence-corrected chi connectivity index (χ1v) is 11.1. The van der Waals surface area contributed by atoms with Crippen LogP contribution in [0.3, 0.4) is 0 Å². The lowest BCUT2D eigenvalue weighted by Gasteiger charge is -2.25. The Bertz CT molecular complexity index is 1030. The molecule has 0 aliphatic carbocycles. The molecule has 0 fully saturated rings. The second-order valence-corrected chi connectivity index (χ2v) is 8.07. The minimum absolute atomic E-state index is 0.0574. The Morgan fingerprint density at radius 2 is 1.38 bits per heavy atom. The first-order valence-electron chi connectivity index (χ1n) is 10.3. The Hall–Kier alpha value is -3.04. The molecule has 0 radical (unpaired) electrons. The fourth-order valence-electron chi connectivity index (χ4n) is 3.03. The summed E-state index contributed by atoms with van der Waals surface area (Å²) in [6, 6.07) is 5.01. The third kappa shape index (κ3) is 8.39. The van der Waals surface area contributed by atoms with Crippen LogP contribution in [0, 0.1) is 0 Å². The molecular weight excluding hydrogens is 489 g/mol. The molecule has 1 aromatic carbocycles. The van der Waals surface area contributed by atoms with E-state index in [-0.39, 0.29) is 50.4 Å². The number of carbonyl (C=O) groups excluding carboxylic acids is 4. The van der Waals surface area contributed by atoms with Gasteiger partial charge >= 0.3 is 23.9 Å². The van der Waals surface area contributed by atoms with Gasteiger partial charge in [0.2, 0.25) is 0 Å². The van der Waals surface area contributed by atoms with Gasteiger partial charge in [0.1, 0.15) is 26.4 Å². The maximum atomic E-state index is 12.8. The summed E-state index contributed by atoms with van der Waals surface area (Å²) in [6.07, 6.45) is 0.189. The third-order valence-corrected chi connectivity index (χ3v) is 5.21. The number of halogens is 2. The molecule has 0 bridgehead atoms. The maximum absolute atomic E-state index is 12.8. The number of hydrogen-bond donors (Lipinski definition) is 1. The average Bonchev–Trinajstić information content (AvgIpc) is 2.75. The van der Waals surface area contributed by atoms with E-state index in [9.17, 15) is 19.2 Å². The summed E-state index contributed by atoms with van der Waals surface area (Å²) >= 11 is 12.3. The van der Waals surface area contributed by atoms with Crippen LogP contribution in [-0.4, -0.2) is 50.3 Å². The lowest BCUT2D eigenvalue weighted by Crippen LogP contribution is -2.29. The summed E-state index contributed by atoms with van der Waals surface area (Å²) in [5.74, 6) is -2.33. The van der Waals surface area contributed by atoms with Crippen molar-refractivity contribution in [2.45, 2.75) is 33.6 Å². The predicted molar refractivity (Wildman–Crippen MR) is 123 cm³/mol. The normalized spacial score (nSPS) is 13.2. The van der Waals surface area contributed by atoms with Crippen molar-refractivity contribution in [3.05, 3.63) is 56.3 Å². The molecule has 0 spiro atoms. The Morgan fingerprint density at radius 3 is 1.91 bits per heavy atom. The quantitative estimate of drug-likeness (QED) is 0.285. The van der Waals surface area contributed by atoms with Gasteiger partial charge < -0.3 is 24.3 Å². The van der Waals surface area contributed by atoms with Crippen LogP contribution in [0.25, 0.3) is 0 Å². The van der Waals surface area contributed by atoms with E-state index in [1.807, 2.05) is 0 Å². The van der Waals surface area contributed by atoms with Gasteiger partial charge in [0, 0.05) is 48.1 Å². The fourth-order valence-corrected chi connectivity index (χ4v) is 3.51. The van der Waals surface area contributed by atoms with Gasteiger partial charge in [0.25, 0.3) is 0 Å². The zero-order chi connectivity index (χ0) is 25.3. The number of ether oxygens (including phenoxy) is 4. The summed E-state index contributed by atoms with van der Waals surface area (Å²) < 4.78 is 19.9. The van der Waals surface area contributed by atoms with E-state index in [4.69, 9.17) is 42.1 Å². The lowest BCUT2D eigenvalue weighted by molar-refractivity contribution is -0.149. The lowest BCUT2D eigenvalue weighted by atomic mass is 9.94. The molecule has 9 nitrogen and oxygen atoms in total. The Morgan fingerprint density at radius 1 is 0.853 bits per heavy atom. The third-order valence-electron chi connectivity index (χ3n) is 4.63. The molecule has 1 aliphatic heterocycles. The van der Waals surface area contributed by atoms with Crippen molar-refractivity contribution in [1.29, 1.82) is 0 Å². The molecule has 1 aliphatic rings. The van der Waals surface area contributed by atoms with Crippen LogP contribution in [0.1, 0.15) is 32.8 Å². The molecule has 0 amide bonds. The van der Waals surface area contributed by atoms with Crippen LogP contribution in [0.15, 0.2) is 40.7 Å². The van der Waals surface area contributed by atoms with Gasteiger partial charge in [0.15, 0.2) is 0 Å². The Kier molecular flexibility index (Phi) is 10.4. The van der Waals surface area contributed by atoms with E-state index in [1.165, 1.54) is 13.8 Å². The van der Waals surface area contributed by atoms with E-state index in [1.54, 1.807) is 25.1 Å². The number of rotatable bonds is 10. The van der Waals surface area contributed by atoms with Crippen molar-refractivity contribution in [3.8, 4) is 0 Å². The van der Waals surface area contributed by atoms with E-state index in [2.05, 4.69) is 5.32 Å². The first kappa shape index (κ1) is 27.2. The highest BCUT2D eigenvalue weighted by atomic mass is 35.5. The van der Waals surface area contributed by atoms with Crippen LogP contribution in [0.2, 0.25) is 10.0 Å². The second kappa shape index (κ2) is 13.0. The predicted octanol–water partition coefficient (Wildman–Crippen LogP) is 3.27. The molecule has 0 aromatic heterocycles. The van der Waals surface area contributed by atoms with Crippen LogP contribution >= 0.6 is 23.2 Å². The van der Waals surface area contributed by atoms with Gasteiger partial charge in [-0.05, 0) is 24.6 Å². The molecule has 0 saturated carbocycles. The van der Waals surface area contributed by atoms with Crippen molar-refractivity contribution in [2.24, 2.45) is 0 Å². The van der Waals surface area contributed by atoms with Gasteiger partial charge in [-0.3, -0.25) is 9.59 Å². The highest BCUT2D eigenvalue weighted by Gasteiger charge is 2.29. The molecule has 1 heterocycles. The molecule has 184 valence electrons. The Balaban J connectivity index is 2.20. The number of dihydropyridines is 1. The fraction of sp³-hybridized carbons (Fsp3) is 0.391. The minimum atomic E-state index is -0.683. The molecule has 0 saturated heterocycles. The minimum Gasteiger partial charge on any atom is -0.462 e. The SMILES string of the molecule is CC(=O)OCCOC(=O)C1=C(C)NC(Cc2ccc(Cl)cc2Cl)=C(C(=O)OCCOC(C)=O)C1. The Labute approximate surface area is 207 Å². The van der Waals surface area contributed by atoms with E-state index in [0.29, 0.717) is 27.0 Å². The molecule has 2 rings (SSSR count). The number of hydrogen-bond acceptors (Lipinski definition) is 9. The van der Waals surface area contributed by atoms with Crippen molar-refractivity contribution in [2.75, 3.05) is 26.4 Å². The smallest absolute Gasteiger partial charge is 0.336 e. The number of allylic oxidation sites excluding steroid dienone is 2. The standard InChI is InChI=1S/C23H25Cl2NO8/c1-13-18(22(29)33-8-6-31-14(2)27)12-19(23(30)34-9-7-32-15(3)28)21(26-13)10-16-4-5-17(24)11-20(16)25/h4-5,11,26H,6-10,12H2,1-3H3. The summed E-state index contributed by atoms with van der Waals surface area (Å²) in [5, 5.41) is 3.97. The second-order valence-electron chi connectivity index (χ2n) is 7.23. The summed E-state index contributed by atoms with van der Waals surface area (Å²) in [4.78, 5) is 47.2. The van der Waals surface area contributed by atoms with Gasteiger partial charge in [0.05, 0.1) is 11.1 Å². The number of esters is 4. The molecule has 0 atom stereocenters. The monoisotopic (exact) mass is 513 g/mol. The van der Waals surface area contributed by atoms with Gasteiger partial charge in [-0.1, -0.05) is 29.3 Å². The molecule has 11 heteroatoms. The number of nitrogens with one attached hydrogen (secondary N) is 1. The molecule has 0 unspecified atom stereocenters. The van der Waals surface area contributed by atoms with E-state index in [0.717, 1.165) is 0 Å². The average molecular weight is 514 g/mol. The summed E-state index contributed by atoms with van der Waals surface area (Å²) in [5.41, 5.74) is 2.12. The molecular formula is C23H25Cl2NO8. The zero-order valence-corrected chi connectivity index (χ0v) is 20.5. The highest BCUT2D eigenvalue weighted by Crippen LogP contribution is 2.29. The van der Waals surface area contributed by atoms with E-state index >= 15 is 0 Å². The van der Waals surface area contributed by atoms with Gasteiger partial charge in [-0.25, -0.2) is 9.59 Å². The van der Waals surface area contributed by atoms with Gasteiger partial charge in [-0.2, -0.15) is 0 Å². The molecule has 1 aromatic rings. The van der Waals surface area contributed by atoms with Crippen LogP contribution in [-0.2, 0) is 44.5 Å². The molecule has 1 N–H and O–H groups in total. The maximum Gasteiger partial charge on any atom is 0.336 e. The topological polar surface area (TPSA) is 117 Å². The first-order chi connectivity index (χ1) is 16.1. The van der Waals surface area contributed by atoms with Crippen LogP contribution in [0.5, 0.6) is 0 Å². The van der Waals surface area contributed by atoms with Crippen LogP contribution in [0.4, 0.5) is 0 Å². The summed E-state index contributed by atoms with van der Waals surface area (Å²) in [6.45, 7) is 3.71. The molecule has 34 heavy (non-hydrogen) atoms. The highest BCUT2D eigenvalue weighted by molar-refractivity contribution is 6.35. The van der Waals surface area contributed by atoms with E-state index < -0.39 is 23.9 Å². The van der Waals surface area contributed by atoms with Crippen molar-refractivity contribution in [3.63, 3.8) is 0 Å². The number of benzene rings is 1. The van der Waals surface area contributed by atoms with Crippen molar-refractivity contribution in [1.82, 2.24) is 5.32 Å². The van der Waals surface area contributed by atoms with Crippen molar-refractivity contribution >= 4 is 47.1 Å². The van der Waals surface area contributed by atoms with Crippen LogP contribution < -0.4 is 5.32 Å². The number of carbonyl (C=O) groups is 4. The summed E-state index contributed by atoms with van der Waals surface area (Å²) in [7, 11) is 0. The van der Waals surface area contributed by atoms with Crippen molar-refractivity contribution < 1.29 is 38.1 Å². The van der Waals surface area contributed by atoms with Gasteiger partial charge in [-0.15, -0.1) is 0 Å². The largest absolute Gasteiger partial charge is 0.462 e.